The van der Waals surface area contributed by atoms with E-state index in [4.69, 9.17) is 5.11 Å². The number of hydrogen-bond donors (Lipinski definition) is 2. The highest BCUT2D eigenvalue weighted by molar-refractivity contribution is 5.90. The molecule has 1 aromatic rings. The Morgan fingerprint density at radius 3 is 2.50 bits per heavy atom. The molecule has 0 aliphatic carbocycles. The molecule has 110 valence electrons. The smallest absolute Gasteiger partial charge is 0.338 e. The van der Waals surface area contributed by atoms with Crippen molar-refractivity contribution in [2.45, 2.75) is 26.7 Å². The van der Waals surface area contributed by atoms with Gasteiger partial charge in [0, 0.05) is 18.7 Å². The molecule has 0 saturated carbocycles. The molecule has 0 spiro atoms. The maximum absolute atomic E-state index is 13.6. The van der Waals surface area contributed by atoms with Crippen molar-refractivity contribution >= 4 is 17.3 Å². The lowest BCUT2D eigenvalue weighted by molar-refractivity contribution is -0.384. The Morgan fingerprint density at radius 2 is 2.05 bits per heavy atom. The fourth-order valence-corrected chi connectivity index (χ4v) is 1.85. The number of nitrogens with zero attached hydrogens (tertiary/aromatic N) is 1. The van der Waals surface area contributed by atoms with Gasteiger partial charge < -0.3 is 10.4 Å². The standard InChI is InChI=1S/C13H17FN2O4/c1-3-8(4-2)7-15-11-6-10(14)9(13(17)18)5-12(11)16(19)20/h5-6,8,15H,3-4,7H2,1-2H3,(H,17,18). The van der Waals surface area contributed by atoms with E-state index in [9.17, 15) is 19.3 Å². The van der Waals surface area contributed by atoms with Gasteiger partial charge in [-0.3, -0.25) is 10.1 Å². The Hall–Kier alpha value is -2.18. The molecule has 7 heteroatoms. The van der Waals surface area contributed by atoms with Gasteiger partial charge in [-0.15, -0.1) is 0 Å². The number of halogens is 1. The van der Waals surface area contributed by atoms with Crippen LogP contribution in [-0.2, 0) is 0 Å². The van der Waals surface area contributed by atoms with Crippen LogP contribution in [0.5, 0.6) is 0 Å². The second-order valence-electron chi connectivity index (χ2n) is 4.47. The molecule has 0 atom stereocenters. The molecular weight excluding hydrogens is 267 g/mol. The molecule has 1 rings (SSSR count). The summed E-state index contributed by atoms with van der Waals surface area (Å²) in [5.41, 5.74) is -1.14. The molecule has 0 aliphatic rings. The summed E-state index contributed by atoms with van der Waals surface area (Å²) < 4.78 is 13.6. The van der Waals surface area contributed by atoms with E-state index in [2.05, 4.69) is 5.32 Å². The third-order valence-corrected chi connectivity index (χ3v) is 3.25. The van der Waals surface area contributed by atoms with E-state index in [-0.39, 0.29) is 5.69 Å². The normalized spacial score (nSPS) is 10.6. The number of nitro groups is 1. The second-order valence-corrected chi connectivity index (χ2v) is 4.47. The quantitative estimate of drug-likeness (QED) is 0.592. The zero-order valence-corrected chi connectivity index (χ0v) is 11.4. The highest BCUT2D eigenvalue weighted by Crippen LogP contribution is 2.28. The van der Waals surface area contributed by atoms with Crippen LogP contribution in [0.1, 0.15) is 37.0 Å². The van der Waals surface area contributed by atoms with Gasteiger partial charge in [-0.2, -0.15) is 0 Å². The summed E-state index contributed by atoms with van der Waals surface area (Å²) in [5.74, 6) is -2.20. The summed E-state index contributed by atoms with van der Waals surface area (Å²) in [6.07, 6.45) is 1.79. The Bertz CT molecular complexity index is 515. The van der Waals surface area contributed by atoms with Crippen molar-refractivity contribution in [1.29, 1.82) is 0 Å². The topological polar surface area (TPSA) is 92.5 Å². The number of nitrogens with one attached hydrogen (secondary N) is 1. The van der Waals surface area contributed by atoms with Gasteiger partial charge in [-0.1, -0.05) is 26.7 Å². The van der Waals surface area contributed by atoms with Crippen molar-refractivity contribution in [3.8, 4) is 0 Å². The minimum atomic E-state index is -1.53. The van der Waals surface area contributed by atoms with Gasteiger partial charge in [0.25, 0.3) is 5.69 Å². The molecular formula is C13H17FN2O4. The fourth-order valence-electron chi connectivity index (χ4n) is 1.85. The number of carboxylic acid groups (broad SMARTS) is 1. The highest BCUT2D eigenvalue weighted by Gasteiger charge is 2.22. The van der Waals surface area contributed by atoms with Crippen LogP contribution in [0.15, 0.2) is 12.1 Å². The summed E-state index contributed by atoms with van der Waals surface area (Å²) in [4.78, 5) is 21.0. The van der Waals surface area contributed by atoms with Gasteiger partial charge in [0.2, 0.25) is 0 Å². The van der Waals surface area contributed by atoms with Crippen molar-refractivity contribution in [2.24, 2.45) is 5.92 Å². The first-order chi connectivity index (χ1) is 9.40. The maximum Gasteiger partial charge on any atom is 0.338 e. The third kappa shape index (κ3) is 3.66. The highest BCUT2D eigenvalue weighted by atomic mass is 19.1. The van der Waals surface area contributed by atoms with E-state index in [1.54, 1.807) is 0 Å². The van der Waals surface area contributed by atoms with E-state index in [1.807, 2.05) is 13.8 Å². The van der Waals surface area contributed by atoms with Crippen molar-refractivity contribution in [2.75, 3.05) is 11.9 Å². The number of anilines is 1. The molecule has 0 bridgehead atoms. The van der Waals surface area contributed by atoms with Crippen LogP contribution in [0.4, 0.5) is 15.8 Å². The minimum Gasteiger partial charge on any atom is -0.478 e. The Labute approximate surface area is 115 Å². The Kier molecular flexibility index (Phi) is 5.42. The van der Waals surface area contributed by atoms with Gasteiger partial charge in [0.1, 0.15) is 17.1 Å². The number of nitro benzene ring substituents is 1. The molecule has 0 fully saturated rings. The SMILES string of the molecule is CCC(CC)CNc1cc(F)c(C(=O)O)cc1[N+](=O)[O-]. The predicted molar refractivity (Wildman–Crippen MR) is 72.6 cm³/mol. The molecule has 0 radical (unpaired) electrons. The van der Waals surface area contributed by atoms with E-state index in [0.29, 0.717) is 12.5 Å². The fraction of sp³-hybridized carbons (Fsp3) is 0.462. The van der Waals surface area contributed by atoms with Crippen LogP contribution in [0, 0.1) is 21.8 Å². The monoisotopic (exact) mass is 284 g/mol. The second kappa shape index (κ2) is 6.83. The van der Waals surface area contributed by atoms with Crippen molar-refractivity contribution in [3.63, 3.8) is 0 Å². The average molecular weight is 284 g/mol. The maximum atomic E-state index is 13.6. The first kappa shape index (κ1) is 15.9. The Morgan fingerprint density at radius 1 is 1.45 bits per heavy atom. The van der Waals surface area contributed by atoms with E-state index >= 15 is 0 Å². The molecule has 6 nitrogen and oxygen atoms in total. The first-order valence-corrected chi connectivity index (χ1v) is 6.35. The largest absolute Gasteiger partial charge is 0.478 e. The van der Waals surface area contributed by atoms with Crippen LogP contribution in [0.2, 0.25) is 0 Å². The molecule has 0 aromatic heterocycles. The molecule has 1 aromatic carbocycles. The number of carbonyl (C=O) groups is 1. The lowest BCUT2D eigenvalue weighted by atomic mass is 10.0. The van der Waals surface area contributed by atoms with Crippen molar-refractivity contribution in [3.05, 3.63) is 33.6 Å². The number of carboxylic acids is 1. The minimum absolute atomic E-state index is 0.00407. The molecule has 0 heterocycles. The molecule has 2 N–H and O–H groups in total. The predicted octanol–water partition coefficient (Wildman–Crippen LogP) is 3.28. The first-order valence-electron chi connectivity index (χ1n) is 6.35. The zero-order valence-electron chi connectivity index (χ0n) is 11.4. The summed E-state index contributed by atoms with van der Waals surface area (Å²) in [7, 11) is 0. The van der Waals surface area contributed by atoms with Gasteiger partial charge in [0.05, 0.1) is 4.92 Å². The number of aromatic carboxylic acids is 1. The lowest BCUT2D eigenvalue weighted by Crippen LogP contribution is -2.14. The summed E-state index contributed by atoms with van der Waals surface area (Å²) in [6.45, 7) is 4.47. The zero-order chi connectivity index (χ0) is 15.3. The van der Waals surface area contributed by atoms with Crippen LogP contribution < -0.4 is 5.32 Å². The van der Waals surface area contributed by atoms with E-state index < -0.39 is 28.0 Å². The molecule has 0 amide bonds. The van der Waals surface area contributed by atoms with Crippen LogP contribution >= 0.6 is 0 Å². The van der Waals surface area contributed by atoms with Gasteiger partial charge >= 0.3 is 5.97 Å². The van der Waals surface area contributed by atoms with Crippen molar-refractivity contribution in [1.82, 2.24) is 0 Å². The van der Waals surface area contributed by atoms with Gasteiger partial charge in [-0.25, -0.2) is 9.18 Å². The van der Waals surface area contributed by atoms with Crippen molar-refractivity contribution < 1.29 is 19.2 Å². The molecule has 0 unspecified atom stereocenters. The van der Waals surface area contributed by atoms with Crippen LogP contribution in [0.3, 0.4) is 0 Å². The molecule has 0 saturated heterocycles. The lowest BCUT2D eigenvalue weighted by Gasteiger charge is -2.14. The Balaban J connectivity index is 3.09. The van der Waals surface area contributed by atoms with Gasteiger partial charge in [-0.05, 0) is 5.92 Å². The summed E-state index contributed by atoms with van der Waals surface area (Å²) >= 11 is 0. The van der Waals surface area contributed by atoms with E-state index in [1.165, 1.54) is 0 Å². The molecule has 20 heavy (non-hydrogen) atoms. The van der Waals surface area contributed by atoms with Crippen LogP contribution in [-0.4, -0.2) is 22.5 Å². The van der Waals surface area contributed by atoms with E-state index in [0.717, 1.165) is 25.0 Å². The number of hydrogen-bond acceptors (Lipinski definition) is 4. The number of benzene rings is 1. The summed E-state index contributed by atoms with van der Waals surface area (Å²) in [6, 6.07) is 1.61. The third-order valence-electron chi connectivity index (χ3n) is 3.25. The average Bonchev–Trinajstić information content (AvgIpc) is 2.39. The van der Waals surface area contributed by atoms with Gasteiger partial charge in [0.15, 0.2) is 0 Å². The number of rotatable bonds is 7. The van der Waals surface area contributed by atoms with Crippen LogP contribution in [0.25, 0.3) is 0 Å². The summed E-state index contributed by atoms with van der Waals surface area (Å²) in [5, 5.41) is 22.5. The molecule has 0 aliphatic heterocycles.